The average Bonchev–Trinajstić information content (AvgIpc) is 4.44. The summed E-state index contributed by atoms with van der Waals surface area (Å²) in [4.78, 5) is 63.4. The summed E-state index contributed by atoms with van der Waals surface area (Å²) in [6, 6.07) is 7.59. The number of nitrogens with zero attached hydrogens (tertiary/aromatic N) is 8. The summed E-state index contributed by atoms with van der Waals surface area (Å²) in [5.41, 5.74) is 10.2. The van der Waals surface area contributed by atoms with E-state index in [1.807, 2.05) is 58.2 Å². The second kappa shape index (κ2) is 35.2. The fourth-order valence-corrected chi connectivity index (χ4v) is 7.43. The number of aliphatic hydroxyl groups is 1. The summed E-state index contributed by atoms with van der Waals surface area (Å²) < 4.78 is 65.2. The van der Waals surface area contributed by atoms with E-state index in [9.17, 15) is 41.6 Å². The van der Waals surface area contributed by atoms with E-state index in [-0.39, 0.29) is 47.0 Å². The number of carbonyl (C=O) groups excluding carboxylic acids is 2. The van der Waals surface area contributed by atoms with Crippen LogP contribution >= 0.6 is 0 Å². The van der Waals surface area contributed by atoms with E-state index in [2.05, 4.69) is 81.2 Å². The number of fused-ring (bicyclic) bond motifs is 1. The number of nitrogens with two attached hydrogens (primary N) is 1. The molecule has 0 saturated heterocycles. The Kier molecular flexibility index (Phi) is 30.6. The fraction of sp³-hybridized carbons (Fsp3) is 0.540. The first-order valence-electron chi connectivity index (χ1n) is 28.4. The Morgan fingerprint density at radius 3 is 2.11 bits per heavy atom. The van der Waals surface area contributed by atoms with Crippen LogP contribution in [0.3, 0.4) is 0 Å². The lowest BCUT2D eigenvalue weighted by molar-refractivity contribution is -0.978. The maximum atomic E-state index is 12.8. The Hall–Kier alpha value is -6.96. The molecule has 0 aromatic carbocycles. The molecule has 0 bridgehead atoms. The molecule has 4 aromatic rings. The maximum absolute atomic E-state index is 12.8. The molecule has 0 aliphatic heterocycles. The third-order valence-electron chi connectivity index (χ3n) is 13.6. The SMILES string of the molecule is C=CCO[N+](=O)OCC=C.CC/C=C/C(=C\N(C)C(F)F)CC(C)C(C)=O.CCC(C)(C)CN=C(/C=C(\N)C(F)(F)F)c1ccc(C(C)(C)O)nc1.CCC(C)C=O.CCC[C@@H]1CC1c1ccc(-c2cnc3nc(C4CC4)cn3c2)nc1C. The number of hydrogen-bond donors (Lipinski definition) is 2. The minimum atomic E-state index is -4.62. The molecule has 2 aliphatic carbocycles. The summed E-state index contributed by atoms with van der Waals surface area (Å²) in [6.45, 7) is 27.6. The van der Waals surface area contributed by atoms with Gasteiger partial charge in [0.2, 0.25) is 5.78 Å². The average molecular weight is 1170 g/mol. The Labute approximate surface area is 488 Å². The van der Waals surface area contributed by atoms with E-state index in [0.717, 1.165) is 71.0 Å². The van der Waals surface area contributed by atoms with E-state index in [4.69, 9.17) is 10.7 Å². The van der Waals surface area contributed by atoms with Crippen molar-refractivity contribution in [2.75, 3.05) is 26.8 Å². The van der Waals surface area contributed by atoms with Gasteiger partial charge in [-0.05, 0) is 137 Å². The molecule has 2 saturated carbocycles. The van der Waals surface area contributed by atoms with Gasteiger partial charge in [0.15, 0.2) is 13.2 Å². The van der Waals surface area contributed by atoms with Gasteiger partial charge in [0.05, 0.1) is 22.8 Å². The minimum Gasteiger partial charge on any atom is -0.395 e. The number of ketones is 1. The Bertz CT molecular complexity index is 2780. The zero-order chi connectivity index (χ0) is 62.7. The van der Waals surface area contributed by atoms with Crippen LogP contribution in [0.1, 0.15) is 174 Å². The van der Waals surface area contributed by atoms with Crippen LogP contribution in [0.5, 0.6) is 0 Å². The monoisotopic (exact) mass is 1160 g/mol. The number of alkyl halides is 5. The van der Waals surface area contributed by atoms with Crippen LogP contribution in [0, 0.1) is 35.0 Å². The first-order valence-corrected chi connectivity index (χ1v) is 28.4. The summed E-state index contributed by atoms with van der Waals surface area (Å²) in [5, 5.41) is 9.97. The number of carbonyl (C=O) groups is 2. The van der Waals surface area contributed by atoms with Crippen LogP contribution < -0.4 is 5.73 Å². The zero-order valence-electron chi connectivity index (χ0n) is 51.1. The van der Waals surface area contributed by atoms with Gasteiger partial charge in [-0.15, -0.1) is 0 Å². The Morgan fingerprint density at radius 2 is 1.64 bits per heavy atom. The summed E-state index contributed by atoms with van der Waals surface area (Å²) in [6.07, 6.45) is 22.3. The van der Waals surface area contributed by atoms with Crippen molar-refractivity contribution in [3.8, 4) is 11.3 Å². The molecule has 0 spiro atoms. The summed E-state index contributed by atoms with van der Waals surface area (Å²) >= 11 is 0. The Morgan fingerprint density at radius 1 is 0.988 bits per heavy atom. The van der Waals surface area contributed by atoms with Crippen LogP contribution in [-0.2, 0) is 24.9 Å². The highest BCUT2D eigenvalue weighted by Gasteiger charge is 2.38. The molecule has 4 heterocycles. The number of imidazole rings is 1. The molecule has 2 aliphatic rings. The number of aromatic nitrogens is 5. The van der Waals surface area contributed by atoms with Crippen LogP contribution in [0.25, 0.3) is 17.0 Å². The molecule has 3 N–H and O–H groups in total. The number of hydrogen-bond acceptors (Lipinski definition) is 13. The molecule has 0 amide bonds. The second-order valence-corrected chi connectivity index (χ2v) is 22.1. The maximum Gasteiger partial charge on any atom is 0.478 e. The lowest BCUT2D eigenvalue weighted by Crippen LogP contribution is -2.22. The standard InChI is InChI=1S/C21H24N4.C18H26F3N3O.C13H21F2NO.C6H10NO3.C5H10O/c1-3-4-15-9-18(15)17-7-8-19(23-13(17)2)16-10-22-21-24-20(14-5-6-14)12-25(21)11-16;1-6-16(2,3)11-24-13(9-14(22)18(19,20)21)12-7-8-15(23-10-12)17(4,5)25;1-5-6-7-12(8-10(2)11(3)17)9-16(4)13(14)15;1-3-5-9-7(8)10-6-4-2;1-3-5(2)4-6/h7-8,10-12,14-15,18H,3-6,9H2,1-2H3;7-10,25H,6,11,22H2,1-5H3;6-7,9-10,13H,5,8H2,1-4H3;3-4H,1-2,5-6H2;4-5H,3H2,1-2H3/q;;;+1;/b;14-9-,24-13?;7-6+,12-9+;;/t15-,18?;;;;/m1..../s1. The normalized spacial score (nSPS) is 16.1. The first kappa shape index (κ1) is 72.1. The smallest absolute Gasteiger partial charge is 0.395 e. The molecule has 3 unspecified atom stereocenters. The lowest BCUT2D eigenvalue weighted by atomic mass is 9.90. The van der Waals surface area contributed by atoms with Crippen molar-refractivity contribution in [1.82, 2.24) is 29.2 Å². The van der Waals surface area contributed by atoms with Gasteiger partial charge >= 0.3 is 17.8 Å². The summed E-state index contributed by atoms with van der Waals surface area (Å²) in [5.74, 6) is 3.23. The van der Waals surface area contributed by atoms with Gasteiger partial charge in [0.25, 0.3) is 0 Å². The van der Waals surface area contributed by atoms with Gasteiger partial charge in [-0.2, -0.15) is 31.6 Å². The molecule has 15 nitrogen and oxygen atoms in total. The molecule has 83 heavy (non-hydrogen) atoms. The topological polar surface area (TPSA) is 190 Å². The second-order valence-electron chi connectivity index (χ2n) is 22.1. The van der Waals surface area contributed by atoms with E-state index in [1.165, 1.54) is 87.6 Å². The van der Waals surface area contributed by atoms with Crippen molar-refractivity contribution in [2.45, 2.75) is 171 Å². The minimum absolute atomic E-state index is 0.0311. The highest BCUT2D eigenvalue weighted by Crippen LogP contribution is 2.51. The van der Waals surface area contributed by atoms with Crippen LogP contribution in [0.15, 0.2) is 115 Å². The number of pyridine rings is 2. The van der Waals surface area contributed by atoms with Crippen LogP contribution in [0.4, 0.5) is 22.0 Å². The van der Waals surface area contributed by atoms with E-state index in [1.54, 1.807) is 39.0 Å². The van der Waals surface area contributed by atoms with Crippen molar-refractivity contribution in [1.29, 1.82) is 0 Å². The first-order chi connectivity index (χ1) is 39.0. The molecular formula is C63H91F5N9O6+. The predicted octanol–water partition coefficient (Wildman–Crippen LogP) is 14.7. The van der Waals surface area contributed by atoms with Gasteiger partial charge in [0, 0.05) is 79.2 Å². The molecule has 458 valence electrons. The van der Waals surface area contributed by atoms with Gasteiger partial charge in [-0.1, -0.05) is 99.6 Å². The quantitative estimate of drug-likeness (QED) is 0.0115. The van der Waals surface area contributed by atoms with Gasteiger partial charge in [0.1, 0.15) is 28.3 Å². The Balaban J connectivity index is 0.000000381. The van der Waals surface area contributed by atoms with Crippen molar-refractivity contribution >= 4 is 23.6 Å². The predicted molar refractivity (Wildman–Crippen MR) is 319 cm³/mol. The lowest BCUT2D eigenvalue weighted by Gasteiger charge is -2.20. The molecular weight excluding hydrogens is 1070 g/mol. The van der Waals surface area contributed by atoms with Gasteiger partial charge in [-0.3, -0.25) is 24.2 Å². The molecule has 0 radical (unpaired) electrons. The van der Waals surface area contributed by atoms with E-state index >= 15 is 0 Å². The highest BCUT2D eigenvalue weighted by atomic mass is 19.4. The van der Waals surface area contributed by atoms with Gasteiger partial charge < -0.3 is 20.5 Å². The van der Waals surface area contributed by atoms with Crippen molar-refractivity contribution in [3.63, 3.8) is 0 Å². The number of halogens is 5. The highest BCUT2D eigenvalue weighted by molar-refractivity contribution is 6.09. The van der Waals surface area contributed by atoms with Crippen molar-refractivity contribution < 1.29 is 51.4 Å². The molecule has 20 heteroatoms. The molecule has 2 fully saturated rings. The summed E-state index contributed by atoms with van der Waals surface area (Å²) in [7, 11) is 1.32. The molecule has 4 atom stereocenters. The van der Waals surface area contributed by atoms with Crippen LogP contribution in [0.2, 0.25) is 0 Å². The van der Waals surface area contributed by atoms with Crippen molar-refractivity contribution in [3.05, 3.63) is 143 Å². The van der Waals surface area contributed by atoms with Gasteiger partial charge in [-0.25, -0.2) is 9.97 Å². The van der Waals surface area contributed by atoms with E-state index < -0.39 is 24.0 Å². The number of allylic oxidation sites excluding steroid dienone is 5. The fourth-order valence-electron chi connectivity index (χ4n) is 7.43. The molecule has 4 aromatic heterocycles. The third kappa shape index (κ3) is 26.9. The third-order valence-corrected chi connectivity index (χ3v) is 13.6. The number of Topliss-reactive ketones (excluding diaryl/α,β-unsaturated/α-hetero) is 1. The number of aldehydes is 1. The molecule has 6 rings (SSSR count). The van der Waals surface area contributed by atoms with E-state index in [0.29, 0.717) is 30.1 Å². The van der Waals surface area contributed by atoms with Crippen molar-refractivity contribution in [2.24, 2.45) is 33.9 Å². The van der Waals surface area contributed by atoms with Crippen LogP contribution in [-0.4, -0.2) is 96.7 Å². The number of aliphatic imine (C=N–C) groups is 1. The number of aryl methyl sites for hydroxylation is 1. The largest absolute Gasteiger partial charge is 0.478 e. The zero-order valence-corrected chi connectivity index (χ0v) is 51.1. The number of rotatable bonds is 26.